The van der Waals surface area contributed by atoms with Crippen LogP contribution < -0.4 is 4.90 Å². The lowest BCUT2D eigenvalue weighted by atomic mass is 9.87. The van der Waals surface area contributed by atoms with Gasteiger partial charge in [0.05, 0.1) is 16.7 Å². The topological polar surface area (TPSA) is 8.17 Å². The third-order valence-electron chi connectivity index (χ3n) is 11.6. The predicted molar refractivity (Wildman–Crippen MR) is 229 cm³/mol. The normalized spacial score (nSPS) is 17.5. The number of aromatic nitrogens is 1. The summed E-state index contributed by atoms with van der Waals surface area (Å²) < 4.78 is 2.56. The highest BCUT2D eigenvalue weighted by molar-refractivity contribution is 6.28. The average Bonchev–Trinajstić information content (AvgIpc) is 3.53. The summed E-state index contributed by atoms with van der Waals surface area (Å²) in [5.41, 5.74) is 11.2. The Morgan fingerprint density at radius 3 is 1.87 bits per heavy atom. The zero-order valence-corrected chi connectivity index (χ0v) is 30.6. The van der Waals surface area contributed by atoms with Crippen LogP contribution in [-0.2, 0) is 0 Å². The molecule has 53 heavy (non-hydrogen) atoms. The lowest BCUT2D eigenvalue weighted by molar-refractivity contribution is 0.716. The van der Waals surface area contributed by atoms with Crippen molar-refractivity contribution in [1.29, 1.82) is 0 Å². The monoisotopic (exact) mass is 682 g/mol. The van der Waals surface area contributed by atoms with E-state index in [0.717, 1.165) is 24.2 Å². The molecule has 0 radical (unpaired) electrons. The summed E-state index contributed by atoms with van der Waals surface area (Å²) in [6.45, 7) is 6.83. The Morgan fingerprint density at radius 2 is 1.15 bits per heavy atom. The van der Waals surface area contributed by atoms with E-state index in [1.54, 1.807) is 0 Å². The Labute approximate surface area is 311 Å². The molecule has 256 valence electrons. The Kier molecular flexibility index (Phi) is 7.47. The molecule has 2 aliphatic rings. The molecule has 2 aliphatic carbocycles. The molecular weight excluding hydrogens is 641 g/mol. The van der Waals surface area contributed by atoms with Crippen molar-refractivity contribution in [3.05, 3.63) is 181 Å². The van der Waals surface area contributed by atoms with Crippen molar-refractivity contribution in [2.45, 2.75) is 33.6 Å². The molecule has 2 nitrogen and oxygen atoms in total. The van der Waals surface area contributed by atoms with E-state index in [2.05, 4.69) is 194 Å². The second-order valence-corrected chi connectivity index (χ2v) is 15.1. The number of allylic oxidation sites excluding steroid dienone is 8. The quantitative estimate of drug-likeness (QED) is 0.164. The van der Waals surface area contributed by atoms with Crippen LogP contribution in [0, 0.1) is 18.8 Å². The van der Waals surface area contributed by atoms with E-state index in [9.17, 15) is 0 Å². The molecule has 0 amide bonds. The van der Waals surface area contributed by atoms with Crippen molar-refractivity contribution in [3.8, 4) is 0 Å². The van der Waals surface area contributed by atoms with Crippen molar-refractivity contribution >= 4 is 76.9 Å². The molecule has 0 saturated heterocycles. The summed E-state index contributed by atoms with van der Waals surface area (Å²) >= 11 is 0. The summed E-state index contributed by atoms with van der Waals surface area (Å²) in [6, 6.07) is 49.6. The number of anilines is 3. The van der Waals surface area contributed by atoms with Crippen LogP contribution in [-0.4, -0.2) is 4.57 Å². The van der Waals surface area contributed by atoms with Gasteiger partial charge in [-0.3, -0.25) is 0 Å². The van der Waals surface area contributed by atoms with E-state index in [1.165, 1.54) is 82.2 Å². The lowest BCUT2D eigenvalue weighted by Gasteiger charge is -2.28. The summed E-state index contributed by atoms with van der Waals surface area (Å²) in [5.74, 6) is 0.968. The maximum absolute atomic E-state index is 2.56. The molecule has 7 aromatic carbocycles. The molecule has 10 rings (SSSR count). The molecule has 2 heteroatoms. The number of hydrogen-bond donors (Lipinski definition) is 0. The number of para-hydroxylation sites is 1. The number of aryl methyl sites for hydroxylation is 1. The van der Waals surface area contributed by atoms with Gasteiger partial charge in [-0.1, -0.05) is 141 Å². The van der Waals surface area contributed by atoms with Crippen molar-refractivity contribution in [2.75, 3.05) is 4.90 Å². The zero-order valence-electron chi connectivity index (χ0n) is 30.6. The van der Waals surface area contributed by atoms with Gasteiger partial charge >= 0.3 is 0 Å². The van der Waals surface area contributed by atoms with Gasteiger partial charge < -0.3 is 9.47 Å². The van der Waals surface area contributed by atoms with Gasteiger partial charge in [0.1, 0.15) is 0 Å². The number of rotatable bonds is 5. The van der Waals surface area contributed by atoms with E-state index in [0.29, 0.717) is 11.8 Å². The minimum Gasteiger partial charge on any atom is -0.313 e. The smallest absolute Gasteiger partial charge is 0.0558 e. The molecular formula is C51H42N2. The van der Waals surface area contributed by atoms with E-state index in [4.69, 9.17) is 0 Å². The number of benzene rings is 7. The molecule has 0 bridgehead atoms. The highest BCUT2D eigenvalue weighted by Gasteiger charge is 2.24. The highest BCUT2D eigenvalue weighted by atomic mass is 15.1. The Hall–Kier alpha value is -6.12. The lowest BCUT2D eigenvalue weighted by Crippen LogP contribution is -2.12. The van der Waals surface area contributed by atoms with Gasteiger partial charge in [-0.05, 0) is 106 Å². The molecule has 0 aliphatic heterocycles. The van der Waals surface area contributed by atoms with Crippen molar-refractivity contribution in [3.63, 3.8) is 0 Å². The Morgan fingerprint density at radius 1 is 0.547 bits per heavy atom. The van der Waals surface area contributed by atoms with E-state index in [1.807, 2.05) is 0 Å². The van der Waals surface area contributed by atoms with Gasteiger partial charge in [-0.2, -0.15) is 0 Å². The maximum Gasteiger partial charge on any atom is 0.0558 e. The average molecular weight is 683 g/mol. The van der Waals surface area contributed by atoms with Gasteiger partial charge in [0.15, 0.2) is 0 Å². The van der Waals surface area contributed by atoms with Crippen molar-refractivity contribution in [1.82, 2.24) is 4.57 Å². The molecule has 1 aromatic heterocycles. The van der Waals surface area contributed by atoms with Gasteiger partial charge in [0.2, 0.25) is 0 Å². The van der Waals surface area contributed by atoms with Crippen molar-refractivity contribution < 1.29 is 0 Å². The van der Waals surface area contributed by atoms with Crippen LogP contribution >= 0.6 is 0 Å². The first-order chi connectivity index (χ1) is 26.0. The van der Waals surface area contributed by atoms with Crippen molar-refractivity contribution in [2.24, 2.45) is 11.8 Å². The fourth-order valence-electron chi connectivity index (χ4n) is 8.83. The number of fused-ring (bicyclic) bond motifs is 9. The third kappa shape index (κ3) is 5.16. The van der Waals surface area contributed by atoms with Gasteiger partial charge in [0, 0.05) is 39.1 Å². The molecule has 0 saturated carbocycles. The maximum atomic E-state index is 2.56. The second kappa shape index (κ2) is 12.5. The summed E-state index contributed by atoms with van der Waals surface area (Å²) in [7, 11) is 0. The molecule has 0 spiro atoms. The molecule has 1 heterocycles. The van der Waals surface area contributed by atoms with Gasteiger partial charge in [0.25, 0.3) is 0 Å². The summed E-state index contributed by atoms with van der Waals surface area (Å²) in [6.07, 6.45) is 14.1. The minimum absolute atomic E-state index is 0.374. The predicted octanol–water partition coefficient (Wildman–Crippen LogP) is 14.4. The van der Waals surface area contributed by atoms with Crippen LogP contribution in [0.25, 0.3) is 59.8 Å². The third-order valence-corrected chi connectivity index (χ3v) is 11.6. The van der Waals surface area contributed by atoms with Gasteiger partial charge in [-0.15, -0.1) is 0 Å². The SMILES string of the molecule is Cc1ccc(N(c2ccc3c4ccccc4n(C4=CC(C5=CCC(C)C=C5)=CCC4C)c3c2)c2cccc3c4ccccc4c4ccccc4c23)cc1. The van der Waals surface area contributed by atoms with Crippen LogP contribution in [0.4, 0.5) is 17.1 Å². The molecule has 0 fully saturated rings. The summed E-state index contributed by atoms with van der Waals surface area (Å²) in [4.78, 5) is 2.48. The van der Waals surface area contributed by atoms with Crippen LogP contribution in [0.2, 0.25) is 0 Å². The fraction of sp³-hybridized carbons (Fsp3) is 0.137. The molecule has 0 N–H and O–H groups in total. The van der Waals surface area contributed by atoms with Gasteiger partial charge in [-0.25, -0.2) is 0 Å². The van der Waals surface area contributed by atoms with E-state index in [-0.39, 0.29) is 0 Å². The standard InChI is InChI=1S/C51H42N2/c1-33-19-24-36(25-20-33)37-26-23-35(3)49(31-37)53-47-17-9-8-14-43(47)44-30-29-39(32-50(44)53)52(38-27-21-34(2)22-28-38)48-18-10-16-46-42-12-5-4-11-40(42)41-13-6-7-15-45(41)51(46)48/h4-19,21-22,24-33,35H,20,23H2,1-3H3. The highest BCUT2D eigenvalue weighted by Crippen LogP contribution is 2.46. The Balaban J connectivity index is 1.25. The van der Waals surface area contributed by atoms with E-state index >= 15 is 0 Å². The first-order valence-electron chi connectivity index (χ1n) is 19.1. The van der Waals surface area contributed by atoms with E-state index < -0.39 is 0 Å². The fourth-order valence-corrected chi connectivity index (χ4v) is 8.83. The number of hydrogen-bond acceptors (Lipinski definition) is 1. The first kappa shape index (κ1) is 31.6. The van der Waals surface area contributed by atoms with Crippen LogP contribution in [0.15, 0.2) is 175 Å². The number of nitrogens with zero attached hydrogens (tertiary/aromatic N) is 2. The second-order valence-electron chi connectivity index (χ2n) is 15.1. The zero-order chi connectivity index (χ0) is 35.6. The first-order valence-corrected chi connectivity index (χ1v) is 19.1. The summed E-state index contributed by atoms with van der Waals surface area (Å²) in [5, 5.41) is 10.2. The largest absolute Gasteiger partial charge is 0.313 e. The molecule has 2 unspecified atom stereocenters. The van der Waals surface area contributed by atoms with Crippen LogP contribution in [0.3, 0.4) is 0 Å². The van der Waals surface area contributed by atoms with Crippen LogP contribution in [0.1, 0.15) is 32.3 Å². The molecule has 2 atom stereocenters. The molecule has 8 aromatic rings. The Bertz CT molecular complexity index is 2830. The van der Waals surface area contributed by atoms with Crippen LogP contribution in [0.5, 0.6) is 0 Å². The minimum atomic E-state index is 0.374.